The molecule has 4 rings (SSSR count). The Morgan fingerprint density at radius 3 is 2.44 bits per heavy atom. The lowest BCUT2D eigenvalue weighted by molar-refractivity contribution is -0.121. The van der Waals surface area contributed by atoms with E-state index >= 15 is 0 Å². The van der Waals surface area contributed by atoms with Crippen LogP contribution in [0.15, 0.2) is 75.0 Å². The molecule has 0 unspecified atom stereocenters. The van der Waals surface area contributed by atoms with Gasteiger partial charge in [-0.2, -0.15) is 0 Å². The zero-order valence-corrected chi connectivity index (χ0v) is 22.2. The van der Waals surface area contributed by atoms with E-state index in [1.165, 1.54) is 34.4 Å². The third-order valence-electron chi connectivity index (χ3n) is 5.43. The van der Waals surface area contributed by atoms with Crippen LogP contribution >= 0.6 is 27.7 Å². The van der Waals surface area contributed by atoms with E-state index in [9.17, 15) is 9.59 Å². The maximum atomic E-state index is 12.9. The van der Waals surface area contributed by atoms with Crippen molar-refractivity contribution in [2.75, 3.05) is 14.2 Å². The maximum Gasteiger partial charge on any atom is 0.335 e. The number of carbonyl (C=O) groups excluding carboxylic acids is 1. The molecule has 1 heterocycles. The highest BCUT2D eigenvalue weighted by Crippen LogP contribution is 2.38. The van der Waals surface area contributed by atoms with Gasteiger partial charge in [0.2, 0.25) is 0 Å². The lowest BCUT2D eigenvalue weighted by atomic mass is 10.1. The van der Waals surface area contributed by atoms with Crippen LogP contribution in [0.1, 0.15) is 27.0 Å². The quantitative estimate of drug-likeness (QED) is 0.339. The van der Waals surface area contributed by atoms with Crippen LogP contribution in [-0.2, 0) is 11.4 Å². The molecule has 0 saturated carbocycles. The highest BCUT2D eigenvalue weighted by Gasteiger charge is 2.30. The number of carboxylic acids is 1. The number of thioether (sulfide) groups is 1. The Bertz CT molecular complexity index is 1370. The molecule has 184 valence electrons. The van der Waals surface area contributed by atoms with E-state index in [1.54, 1.807) is 32.4 Å². The molecule has 1 aliphatic rings. The molecule has 9 heteroatoms. The van der Waals surface area contributed by atoms with Gasteiger partial charge < -0.3 is 14.6 Å². The summed E-state index contributed by atoms with van der Waals surface area (Å²) in [5, 5.41) is 9.55. The van der Waals surface area contributed by atoms with Gasteiger partial charge in [-0.05, 0) is 72.3 Å². The van der Waals surface area contributed by atoms with Crippen LogP contribution in [0.4, 0.5) is 5.69 Å². The fourth-order valence-corrected chi connectivity index (χ4v) is 4.78. The molecular formula is C27H23BrN2O5S. The zero-order chi connectivity index (χ0) is 25.8. The van der Waals surface area contributed by atoms with Crippen LogP contribution in [0.25, 0.3) is 6.08 Å². The lowest BCUT2D eigenvalue weighted by Gasteiger charge is -2.13. The number of carboxylic acid groups (broad SMARTS) is 1. The molecule has 1 saturated heterocycles. The Hall–Kier alpha value is -3.56. The van der Waals surface area contributed by atoms with Gasteiger partial charge in [-0.15, -0.1) is 0 Å². The average molecular weight is 567 g/mol. The molecular weight excluding hydrogens is 544 g/mol. The Labute approximate surface area is 221 Å². The second-order valence-corrected chi connectivity index (χ2v) is 9.88. The van der Waals surface area contributed by atoms with Gasteiger partial charge in [0, 0.05) is 11.5 Å². The van der Waals surface area contributed by atoms with Crippen molar-refractivity contribution in [1.29, 1.82) is 0 Å². The van der Waals surface area contributed by atoms with E-state index < -0.39 is 5.97 Å². The minimum Gasteiger partial charge on any atom is -0.493 e. The van der Waals surface area contributed by atoms with Gasteiger partial charge in [0.05, 0.1) is 23.3 Å². The number of benzene rings is 3. The van der Waals surface area contributed by atoms with Crippen LogP contribution < -0.4 is 9.47 Å². The van der Waals surface area contributed by atoms with E-state index in [0.29, 0.717) is 33.9 Å². The van der Waals surface area contributed by atoms with Gasteiger partial charge in [0.1, 0.15) is 6.61 Å². The Balaban J connectivity index is 1.55. The molecule has 0 aliphatic carbocycles. The van der Waals surface area contributed by atoms with Gasteiger partial charge in [-0.25, -0.2) is 9.79 Å². The molecule has 0 atom stereocenters. The highest BCUT2D eigenvalue weighted by molar-refractivity contribution is 9.10. The van der Waals surface area contributed by atoms with E-state index in [-0.39, 0.29) is 11.5 Å². The van der Waals surface area contributed by atoms with Gasteiger partial charge >= 0.3 is 5.97 Å². The third kappa shape index (κ3) is 5.80. The monoisotopic (exact) mass is 566 g/mol. The second-order valence-electron chi connectivity index (χ2n) is 8.02. The van der Waals surface area contributed by atoms with Crippen molar-refractivity contribution in [2.45, 2.75) is 13.5 Å². The zero-order valence-electron chi connectivity index (χ0n) is 19.8. The maximum absolute atomic E-state index is 12.9. The number of carbonyl (C=O) groups is 2. The van der Waals surface area contributed by atoms with Crippen molar-refractivity contribution < 1.29 is 24.2 Å². The van der Waals surface area contributed by atoms with Gasteiger partial charge in [-0.3, -0.25) is 9.69 Å². The summed E-state index contributed by atoms with van der Waals surface area (Å²) in [6.07, 6.45) is 1.77. The number of nitrogens with zero attached hydrogens (tertiary/aromatic N) is 2. The summed E-state index contributed by atoms with van der Waals surface area (Å²) in [7, 11) is 3.22. The minimum atomic E-state index is -1.01. The van der Waals surface area contributed by atoms with Crippen LogP contribution in [0.2, 0.25) is 0 Å². The standard InChI is InChI=1S/C27H23BrN2O5S/c1-16-4-6-17(7-5-16)15-35-23-14-21(28)19(12-22(23)34-3)13-24-25(31)30(2)27(36-24)29-20-10-8-18(9-11-20)26(32)33/h4-14H,15H2,1-3H3,(H,32,33). The second kappa shape index (κ2) is 11.0. The number of halogens is 1. The summed E-state index contributed by atoms with van der Waals surface area (Å²) >= 11 is 4.82. The number of aromatic carboxylic acids is 1. The number of rotatable bonds is 7. The smallest absolute Gasteiger partial charge is 0.335 e. The number of hydrogen-bond acceptors (Lipinski definition) is 6. The Kier molecular flexibility index (Phi) is 7.81. The van der Waals surface area contributed by atoms with Crippen molar-refractivity contribution >= 4 is 56.5 Å². The molecule has 3 aromatic rings. The van der Waals surface area contributed by atoms with Crippen LogP contribution in [0, 0.1) is 6.92 Å². The van der Waals surface area contributed by atoms with E-state index in [2.05, 4.69) is 20.9 Å². The van der Waals surface area contributed by atoms with Crippen molar-refractivity contribution in [1.82, 2.24) is 4.90 Å². The lowest BCUT2D eigenvalue weighted by Crippen LogP contribution is -2.23. The first-order valence-corrected chi connectivity index (χ1v) is 12.5. The highest BCUT2D eigenvalue weighted by atomic mass is 79.9. The number of aliphatic imine (C=N–C) groups is 1. The number of aryl methyl sites for hydroxylation is 1. The number of amidine groups is 1. The number of amides is 1. The van der Waals surface area contributed by atoms with E-state index in [1.807, 2.05) is 43.3 Å². The van der Waals surface area contributed by atoms with Crippen LogP contribution in [-0.4, -0.2) is 41.2 Å². The molecule has 0 spiro atoms. The Morgan fingerprint density at radius 2 is 1.81 bits per heavy atom. The van der Waals surface area contributed by atoms with Crippen LogP contribution in [0.3, 0.4) is 0 Å². The summed E-state index contributed by atoms with van der Waals surface area (Å²) in [5.74, 6) is -0.0592. The van der Waals surface area contributed by atoms with Crippen LogP contribution in [0.5, 0.6) is 11.5 Å². The van der Waals surface area contributed by atoms with Gasteiger partial charge in [0.15, 0.2) is 16.7 Å². The van der Waals surface area contributed by atoms with E-state index in [0.717, 1.165) is 15.6 Å². The molecule has 1 N–H and O–H groups in total. The summed E-state index contributed by atoms with van der Waals surface area (Å²) in [4.78, 5) is 30.4. The first-order chi connectivity index (χ1) is 17.2. The molecule has 0 aromatic heterocycles. The van der Waals surface area contributed by atoms with E-state index in [4.69, 9.17) is 14.6 Å². The number of likely N-dealkylation sites (N-methyl/N-ethyl adjacent to an activating group) is 1. The molecule has 1 amide bonds. The number of ether oxygens (including phenoxy) is 2. The summed E-state index contributed by atoms with van der Waals surface area (Å²) in [6, 6.07) is 17.9. The summed E-state index contributed by atoms with van der Waals surface area (Å²) < 4.78 is 12.3. The van der Waals surface area contributed by atoms with Gasteiger partial charge in [0.25, 0.3) is 5.91 Å². The van der Waals surface area contributed by atoms with Crippen molar-refractivity contribution in [3.05, 3.63) is 92.3 Å². The first kappa shape index (κ1) is 25.5. The summed E-state index contributed by atoms with van der Waals surface area (Å²) in [5.41, 5.74) is 3.72. The van der Waals surface area contributed by atoms with Crippen molar-refractivity contribution in [2.24, 2.45) is 4.99 Å². The van der Waals surface area contributed by atoms with Gasteiger partial charge in [-0.1, -0.05) is 45.8 Å². The predicted molar refractivity (Wildman–Crippen MR) is 145 cm³/mol. The normalized spacial score (nSPS) is 15.6. The SMILES string of the molecule is COc1cc(C=C2SC(=Nc3ccc(C(=O)O)cc3)N(C)C2=O)c(Br)cc1OCc1ccc(C)cc1. The largest absolute Gasteiger partial charge is 0.493 e. The molecule has 1 aliphatic heterocycles. The summed E-state index contributed by atoms with van der Waals surface area (Å²) in [6.45, 7) is 2.44. The first-order valence-electron chi connectivity index (χ1n) is 10.9. The molecule has 36 heavy (non-hydrogen) atoms. The molecule has 0 radical (unpaired) electrons. The third-order valence-corrected chi connectivity index (χ3v) is 7.17. The molecule has 3 aromatic carbocycles. The number of hydrogen-bond donors (Lipinski definition) is 1. The molecule has 0 bridgehead atoms. The molecule has 7 nitrogen and oxygen atoms in total. The fourth-order valence-electron chi connectivity index (χ4n) is 3.36. The van der Waals surface area contributed by atoms with Crippen molar-refractivity contribution in [3.63, 3.8) is 0 Å². The number of methoxy groups -OCH3 is 1. The minimum absolute atomic E-state index is 0.174. The molecule has 1 fully saturated rings. The Morgan fingerprint density at radius 1 is 1.11 bits per heavy atom. The fraction of sp³-hybridized carbons (Fsp3) is 0.148. The average Bonchev–Trinajstić information content (AvgIpc) is 3.12. The predicted octanol–water partition coefficient (Wildman–Crippen LogP) is 6.28. The topological polar surface area (TPSA) is 88.4 Å². The van der Waals surface area contributed by atoms with Crippen molar-refractivity contribution in [3.8, 4) is 11.5 Å².